The predicted molar refractivity (Wildman–Crippen MR) is 80.9 cm³/mol. The van der Waals surface area contributed by atoms with Gasteiger partial charge in [0, 0.05) is 18.4 Å². The van der Waals surface area contributed by atoms with Crippen LogP contribution in [0, 0.1) is 5.92 Å². The number of rotatable bonds is 7. The number of carbonyl (C=O) groups excluding carboxylic acids is 1. The minimum atomic E-state index is 0.283. The molecule has 0 aliphatic carbocycles. The lowest BCUT2D eigenvalue weighted by Gasteiger charge is -2.29. The Morgan fingerprint density at radius 2 is 2.00 bits per heavy atom. The van der Waals surface area contributed by atoms with Crippen LogP contribution in [0.2, 0.25) is 0 Å². The molecule has 20 heavy (non-hydrogen) atoms. The fourth-order valence-electron chi connectivity index (χ4n) is 2.64. The molecule has 1 saturated heterocycles. The Hall–Kier alpha value is -1.19. The molecule has 0 aromatic heterocycles. The molecule has 110 valence electrons. The van der Waals surface area contributed by atoms with E-state index in [4.69, 9.17) is 4.74 Å². The van der Waals surface area contributed by atoms with E-state index >= 15 is 0 Å². The Balaban J connectivity index is 1.59. The molecule has 0 saturated carbocycles. The van der Waals surface area contributed by atoms with Gasteiger partial charge in [0.25, 0.3) is 0 Å². The summed E-state index contributed by atoms with van der Waals surface area (Å²) in [4.78, 5) is 13.1. The van der Waals surface area contributed by atoms with Gasteiger partial charge in [0.2, 0.25) is 0 Å². The number of benzene rings is 1. The smallest absolute Gasteiger partial charge is 0.123 e. The van der Waals surface area contributed by atoms with Gasteiger partial charge in [-0.05, 0) is 31.5 Å². The third kappa shape index (κ3) is 4.73. The average molecular weight is 275 g/mol. The molecule has 0 amide bonds. The first-order valence-electron chi connectivity index (χ1n) is 7.60. The molecule has 1 aliphatic rings. The summed E-state index contributed by atoms with van der Waals surface area (Å²) in [7, 11) is 0. The molecular formula is C17H25NO2. The predicted octanol–water partition coefficient (Wildman–Crippen LogP) is 2.72. The van der Waals surface area contributed by atoms with E-state index in [2.05, 4.69) is 36.1 Å². The molecule has 3 heteroatoms. The van der Waals surface area contributed by atoms with Crippen LogP contribution in [0.1, 0.15) is 31.2 Å². The highest BCUT2D eigenvalue weighted by Crippen LogP contribution is 2.16. The highest BCUT2D eigenvalue weighted by atomic mass is 16.5. The van der Waals surface area contributed by atoms with Crippen LogP contribution in [0.5, 0.6) is 0 Å². The number of carbonyl (C=O) groups is 1. The third-order valence-electron chi connectivity index (χ3n) is 4.11. The van der Waals surface area contributed by atoms with Gasteiger partial charge in [-0.1, -0.05) is 37.3 Å². The fraction of sp³-hybridized carbons (Fsp3) is 0.588. The molecule has 1 aromatic rings. The van der Waals surface area contributed by atoms with E-state index in [1.807, 2.05) is 6.07 Å². The van der Waals surface area contributed by atoms with E-state index in [9.17, 15) is 4.79 Å². The largest absolute Gasteiger partial charge is 0.379 e. The topological polar surface area (TPSA) is 29.5 Å². The summed E-state index contributed by atoms with van der Waals surface area (Å²) in [6.45, 7) is 6.79. The number of aldehydes is 1. The van der Waals surface area contributed by atoms with Gasteiger partial charge in [-0.15, -0.1) is 0 Å². The highest BCUT2D eigenvalue weighted by molar-refractivity contribution is 5.53. The molecule has 1 atom stereocenters. The van der Waals surface area contributed by atoms with Crippen LogP contribution in [-0.4, -0.2) is 44.0 Å². The first-order valence-corrected chi connectivity index (χ1v) is 7.60. The zero-order valence-electron chi connectivity index (χ0n) is 12.3. The summed E-state index contributed by atoms with van der Waals surface area (Å²) in [5.74, 6) is 0.724. The van der Waals surface area contributed by atoms with E-state index < -0.39 is 0 Å². The van der Waals surface area contributed by atoms with Crippen LogP contribution in [0.25, 0.3) is 0 Å². The maximum Gasteiger partial charge on any atom is 0.123 e. The number of nitrogens with zero attached hydrogens (tertiary/aromatic N) is 1. The second kappa shape index (κ2) is 8.18. The van der Waals surface area contributed by atoms with E-state index in [1.54, 1.807) is 0 Å². The minimum Gasteiger partial charge on any atom is -0.379 e. The molecule has 1 heterocycles. The van der Waals surface area contributed by atoms with Crippen molar-refractivity contribution in [3.8, 4) is 0 Å². The zero-order chi connectivity index (χ0) is 14.2. The molecule has 2 rings (SSSR count). The van der Waals surface area contributed by atoms with Gasteiger partial charge in [0.05, 0.1) is 13.2 Å². The molecule has 0 radical (unpaired) electrons. The zero-order valence-corrected chi connectivity index (χ0v) is 12.3. The molecule has 0 N–H and O–H groups in total. The summed E-state index contributed by atoms with van der Waals surface area (Å²) in [5, 5.41) is 0. The first-order chi connectivity index (χ1) is 9.79. The molecular weight excluding hydrogens is 250 g/mol. The SMILES string of the molecule is CC(COCCN1CCC(C=O)CC1)c1ccccc1. The molecule has 1 fully saturated rings. The van der Waals surface area contributed by atoms with Crippen LogP contribution in [0.4, 0.5) is 0 Å². The van der Waals surface area contributed by atoms with E-state index in [1.165, 1.54) is 5.56 Å². The van der Waals surface area contributed by atoms with E-state index in [0.717, 1.165) is 52.0 Å². The number of ether oxygens (including phenoxy) is 1. The third-order valence-corrected chi connectivity index (χ3v) is 4.11. The monoisotopic (exact) mass is 275 g/mol. The summed E-state index contributed by atoms with van der Waals surface area (Å²) in [6.07, 6.45) is 3.11. The lowest BCUT2D eigenvalue weighted by Crippen LogP contribution is -2.36. The van der Waals surface area contributed by atoms with Gasteiger partial charge in [-0.25, -0.2) is 0 Å². The van der Waals surface area contributed by atoms with Crippen LogP contribution >= 0.6 is 0 Å². The molecule has 1 aromatic carbocycles. The standard InChI is InChI=1S/C17H25NO2/c1-15(17-5-3-2-4-6-17)14-20-12-11-18-9-7-16(13-19)8-10-18/h2-6,13,15-16H,7-12,14H2,1H3. The Bertz CT molecular complexity index is 385. The Kier molecular flexibility index (Phi) is 6.22. The average Bonchev–Trinajstić information content (AvgIpc) is 2.53. The normalized spacial score (nSPS) is 18.9. The molecule has 0 spiro atoms. The van der Waals surface area contributed by atoms with Crippen molar-refractivity contribution in [2.45, 2.75) is 25.7 Å². The number of hydrogen-bond acceptors (Lipinski definition) is 3. The minimum absolute atomic E-state index is 0.283. The van der Waals surface area contributed by atoms with E-state index in [0.29, 0.717) is 5.92 Å². The van der Waals surface area contributed by atoms with E-state index in [-0.39, 0.29) is 5.92 Å². The van der Waals surface area contributed by atoms with Crippen molar-refractivity contribution in [1.29, 1.82) is 0 Å². The van der Waals surface area contributed by atoms with Crippen molar-refractivity contribution in [3.05, 3.63) is 35.9 Å². The van der Waals surface area contributed by atoms with Gasteiger partial charge in [0.15, 0.2) is 0 Å². The Labute approximate surface area is 121 Å². The van der Waals surface area contributed by atoms with Gasteiger partial charge in [0.1, 0.15) is 6.29 Å². The lowest BCUT2D eigenvalue weighted by molar-refractivity contribution is -0.112. The fourth-order valence-corrected chi connectivity index (χ4v) is 2.64. The molecule has 0 bridgehead atoms. The highest BCUT2D eigenvalue weighted by Gasteiger charge is 2.17. The van der Waals surface area contributed by atoms with Crippen LogP contribution < -0.4 is 0 Å². The summed E-state index contributed by atoms with van der Waals surface area (Å²) >= 11 is 0. The first kappa shape index (κ1) is 15.2. The van der Waals surface area contributed by atoms with Crippen molar-refractivity contribution >= 4 is 6.29 Å². The van der Waals surface area contributed by atoms with Crippen molar-refractivity contribution in [2.75, 3.05) is 32.8 Å². The van der Waals surface area contributed by atoms with Crippen molar-refractivity contribution < 1.29 is 9.53 Å². The molecule has 1 aliphatic heterocycles. The van der Waals surface area contributed by atoms with Crippen molar-refractivity contribution in [1.82, 2.24) is 4.90 Å². The van der Waals surface area contributed by atoms with Gasteiger partial charge in [-0.2, -0.15) is 0 Å². The second-order valence-corrected chi connectivity index (χ2v) is 5.70. The van der Waals surface area contributed by atoms with Crippen LogP contribution in [-0.2, 0) is 9.53 Å². The van der Waals surface area contributed by atoms with Gasteiger partial charge < -0.3 is 14.4 Å². The Morgan fingerprint density at radius 1 is 1.30 bits per heavy atom. The quantitative estimate of drug-likeness (QED) is 0.566. The van der Waals surface area contributed by atoms with Crippen molar-refractivity contribution in [2.24, 2.45) is 5.92 Å². The van der Waals surface area contributed by atoms with Crippen molar-refractivity contribution in [3.63, 3.8) is 0 Å². The van der Waals surface area contributed by atoms with Gasteiger partial charge >= 0.3 is 0 Å². The number of piperidine rings is 1. The van der Waals surface area contributed by atoms with Gasteiger partial charge in [-0.3, -0.25) is 0 Å². The second-order valence-electron chi connectivity index (χ2n) is 5.70. The van der Waals surface area contributed by atoms with Crippen LogP contribution in [0.15, 0.2) is 30.3 Å². The maximum absolute atomic E-state index is 10.7. The maximum atomic E-state index is 10.7. The van der Waals surface area contributed by atoms with Crippen LogP contribution in [0.3, 0.4) is 0 Å². The molecule has 3 nitrogen and oxygen atoms in total. The summed E-state index contributed by atoms with van der Waals surface area (Å²) in [5.41, 5.74) is 1.33. The number of likely N-dealkylation sites (tertiary alicyclic amines) is 1. The summed E-state index contributed by atoms with van der Waals surface area (Å²) in [6, 6.07) is 10.5. The summed E-state index contributed by atoms with van der Waals surface area (Å²) < 4.78 is 5.79. The molecule has 1 unspecified atom stereocenters. The lowest BCUT2D eigenvalue weighted by atomic mass is 9.99. The number of hydrogen-bond donors (Lipinski definition) is 0. The Morgan fingerprint density at radius 3 is 2.65 bits per heavy atom.